The molecule has 6 heteroatoms. The van der Waals surface area contributed by atoms with E-state index in [0.29, 0.717) is 10.8 Å². The van der Waals surface area contributed by atoms with E-state index in [9.17, 15) is 4.79 Å². The normalized spacial score (nSPS) is 12.2. The zero-order chi connectivity index (χ0) is 10.6. The van der Waals surface area contributed by atoms with Crippen LogP contribution >= 0.6 is 11.3 Å². The Hall–Kier alpha value is -1.14. The second-order valence-corrected chi connectivity index (χ2v) is 3.70. The Kier molecular flexibility index (Phi) is 3.84. The average Bonchev–Trinajstić information content (AvgIpc) is 2.65. The number of nitrogens with one attached hydrogen (secondary N) is 2. The van der Waals surface area contributed by atoms with Gasteiger partial charge in [-0.1, -0.05) is 0 Å². The van der Waals surface area contributed by atoms with Crippen molar-refractivity contribution < 1.29 is 9.90 Å². The Morgan fingerprint density at radius 3 is 3.00 bits per heavy atom. The molecule has 5 nitrogen and oxygen atoms in total. The highest BCUT2D eigenvalue weighted by atomic mass is 32.1. The molecule has 1 atom stereocenters. The lowest BCUT2D eigenvalue weighted by atomic mass is 10.3. The fraction of sp³-hybridized carbons (Fsp3) is 0.500. The second-order valence-electron chi connectivity index (χ2n) is 2.84. The van der Waals surface area contributed by atoms with E-state index in [4.69, 9.17) is 5.11 Å². The third kappa shape index (κ3) is 2.68. The van der Waals surface area contributed by atoms with Crippen LogP contribution in [0.2, 0.25) is 0 Å². The summed E-state index contributed by atoms with van der Waals surface area (Å²) in [5.74, 6) is -0.260. The number of amides is 1. The minimum absolute atomic E-state index is 0.0746. The Balaban J connectivity index is 2.60. The third-order valence-corrected chi connectivity index (χ3v) is 2.46. The van der Waals surface area contributed by atoms with Crippen LogP contribution in [0.25, 0.3) is 0 Å². The van der Waals surface area contributed by atoms with Crippen LogP contribution in [0.1, 0.15) is 17.4 Å². The minimum Gasteiger partial charge on any atom is -0.394 e. The Morgan fingerprint density at radius 2 is 2.50 bits per heavy atom. The number of thiazole rings is 1. The van der Waals surface area contributed by atoms with Crippen molar-refractivity contribution in [3.63, 3.8) is 0 Å². The molecule has 14 heavy (non-hydrogen) atoms. The molecule has 1 rings (SSSR count). The molecule has 0 aromatic carbocycles. The molecule has 0 aliphatic rings. The predicted octanol–water partition coefficient (Wildman–Crippen LogP) is 0.295. The molecule has 1 aromatic rings. The molecular weight excluding hydrogens is 202 g/mol. The summed E-state index contributed by atoms with van der Waals surface area (Å²) in [5, 5.41) is 16.6. The van der Waals surface area contributed by atoms with Crippen LogP contribution in [0, 0.1) is 0 Å². The van der Waals surface area contributed by atoms with Crippen molar-refractivity contribution in [1.82, 2.24) is 10.3 Å². The predicted molar refractivity (Wildman–Crippen MR) is 55.7 cm³/mol. The molecule has 1 heterocycles. The van der Waals surface area contributed by atoms with E-state index in [1.807, 2.05) is 0 Å². The molecule has 0 aliphatic heterocycles. The summed E-state index contributed by atoms with van der Waals surface area (Å²) in [6.07, 6.45) is 0. The maximum absolute atomic E-state index is 11.4. The smallest absolute Gasteiger partial charge is 0.271 e. The van der Waals surface area contributed by atoms with Crippen molar-refractivity contribution >= 4 is 22.4 Å². The van der Waals surface area contributed by atoms with Gasteiger partial charge in [0, 0.05) is 18.5 Å². The van der Waals surface area contributed by atoms with Crippen molar-refractivity contribution in [1.29, 1.82) is 0 Å². The molecule has 0 aliphatic carbocycles. The Bertz CT molecular complexity index is 313. The summed E-state index contributed by atoms with van der Waals surface area (Å²) >= 11 is 1.37. The van der Waals surface area contributed by atoms with Gasteiger partial charge in [0.15, 0.2) is 5.13 Å². The highest BCUT2D eigenvalue weighted by Crippen LogP contribution is 2.14. The van der Waals surface area contributed by atoms with Gasteiger partial charge in [0.05, 0.1) is 6.61 Å². The molecule has 1 amide bonds. The molecule has 78 valence electrons. The summed E-state index contributed by atoms with van der Waals surface area (Å²) < 4.78 is 0. The molecule has 0 spiro atoms. The molecule has 0 radical (unpaired) electrons. The molecule has 0 unspecified atom stereocenters. The number of nitrogens with zero attached hydrogens (tertiary/aromatic N) is 1. The lowest BCUT2D eigenvalue weighted by Gasteiger charge is -2.08. The Morgan fingerprint density at radius 1 is 1.79 bits per heavy atom. The molecular formula is C8H13N3O2S. The first kappa shape index (κ1) is 10.9. The number of aliphatic hydroxyl groups excluding tert-OH is 1. The van der Waals surface area contributed by atoms with Gasteiger partial charge in [0.1, 0.15) is 5.69 Å². The first-order valence-electron chi connectivity index (χ1n) is 4.22. The average molecular weight is 215 g/mol. The highest BCUT2D eigenvalue weighted by Gasteiger charge is 2.12. The third-order valence-electron chi connectivity index (χ3n) is 1.60. The van der Waals surface area contributed by atoms with E-state index in [-0.39, 0.29) is 18.6 Å². The SMILES string of the molecule is CNc1nc(C(=O)N[C@@H](C)CO)cs1. The van der Waals surface area contributed by atoms with E-state index in [0.717, 1.165) is 0 Å². The molecule has 3 N–H and O–H groups in total. The summed E-state index contributed by atoms with van der Waals surface area (Å²) in [7, 11) is 1.75. The van der Waals surface area contributed by atoms with Crippen molar-refractivity contribution in [3.8, 4) is 0 Å². The van der Waals surface area contributed by atoms with E-state index in [1.54, 1.807) is 19.4 Å². The van der Waals surface area contributed by atoms with Crippen molar-refractivity contribution in [3.05, 3.63) is 11.1 Å². The summed E-state index contributed by atoms with van der Waals surface area (Å²) in [4.78, 5) is 15.5. The van der Waals surface area contributed by atoms with E-state index >= 15 is 0 Å². The summed E-state index contributed by atoms with van der Waals surface area (Å²) in [6, 6.07) is -0.248. The maximum Gasteiger partial charge on any atom is 0.271 e. The highest BCUT2D eigenvalue weighted by molar-refractivity contribution is 7.13. The fourth-order valence-corrected chi connectivity index (χ4v) is 1.49. The number of rotatable bonds is 4. The van der Waals surface area contributed by atoms with Gasteiger partial charge in [-0.2, -0.15) is 0 Å². The second kappa shape index (κ2) is 4.92. The zero-order valence-electron chi connectivity index (χ0n) is 8.07. The van der Waals surface area contributed by atoms with Crippen molar-refractivity contribution in [2.45, 2.75) is 13.0 Å². The molecule has 0 saturated heterocycles. The van der Waals surface area contributed by atoms with Gasteiger partial charge in [-0.05, 0) is 6.92 Å². The number of hydrogen-bond donors (Lipinski definition) is 3. The number of anilines is 1. The minimum atomic E-state index is -0.260. The van der Waals surface area contributed by atoms with E-state index < -0.39 is 0 Å². The van der Waals surface area contributed by atoms with Crippen LogP contribution in [0.15, 0.2) is 5.38 Å². The molecule has 0 bridgehead atoms. The largest absolute Gasteiger partial charge is 0.394 e. The van der Waals surface area contributed by atoms with Gasteiger partial charge in [-0.15, -0.1) is 11.3 Å². The van der Waals surface area contributed by atoms with E-state index in [1.165, 1.54) is 11.3 Å². The molecule has 0 saturated carbocycles. The molecule has 0 fully saturated rings. The number of carbonyl (C=O) groups excluding carboxylic acids is 1. The maximum atomic E-state index is 11.4. The van der Waals surface area contributed by atoms with Crippen LogP contribution in [0.5, 0.6) is 0 Å². The first-order valence-corrected chi connectivity index (χ1v) is 5.10. The lowest BCUT2D eigenvalue weighted by molar-refractivity contribution is 0.0918. The monoisotopic (exact) mass is 215 g/mol. The van der Waals surface area contributed by atoms with Gasteiger partial charge in [-0.3, -0.25) is 4.79 Å². The topological polar surface area (TPSA) is 74.2 Å². The van der Waals surface area contributed by atoms with Gasteiger partial charge in [-0.25, -0.2) is 4.98 Å². The van der Waals surface area contributed by atoms with Gasteiger partial charge < -0.3 is 15.7 Å². The molecule has 1 aromatic heterocycles. The summed E-state index contributed by atoms with van der Waals surface area (Å²) in [6.45, 7) is 1.65. The van der Waals surface area contributed by atoms with Gasteiger partial charge in [0.25, 0.3) is 5.91 Å². The zero-order valence-corrected chi connectivity index (χ0v) is 8.89. The number of hydrogen-bond acceptors (Lipinski definition) is 5. The summed E-state index contributed by atoms with van der Waals surface area (Å²) in [5.41, 5.74) is 0.375. The van der Waals surface area contributed by atoms with Crippen LogP contribution in [-0.2, 0) is 0 Å². The van der Waals surface area contributed by atoms with Crippen LogP contribution in [0.4, 0.5) is 5.13 Å². The van der Waals surface area contributed by atoms with Crippen molar-refractivity contribution in [2.24, 2.45) is 0 Å². The lowest BCUT2D eigenvalue weighted by Crippen LogP contribution is -2.35. The number of aliphatic hydroxyl groups is 1. The van der Waals surface area contributed by atoms with E-state index in [2.05, 4.69) is 15.6 Å². The fourth-order valence-electron chi connectivity index (χ4n) is 0.836. The van der Waals surface area contributed by atoms with Crippen LogP contribution < -0.4 is 10.6 Å². The quantitative estimate of drug-likeness (QED) is 0.675. The van der Waals surface area contributed by atoms with Gasteiger partial charge in [0.2, 0.25) is 0 Å². The first-order chi connectivity index (χ1) is 6.67. The number of aromatic nitrogens is 1. The Labute approximate surface area is 86.2 Å². The van der Waals surface area contributed by atoms with Crippen LogP contribution in [-0.4, -0.2) is 35.7 Å². The van der Waals surface area contributed by atoms with Gasteiger partial charge >= 0.3 is 0 Å². The van der Waals surface area contributed by atoms with Crippen molar-refractivity contribution in [2.75, 3.05) is 19.0 Å². The standard InChI is InChI=1S/C8H13N3O2S/c1-5(3-12)10-7(13)6-4-14-8(9-2)11-6/h4-5,12H,3H2,1-2H3,(H,9,11)(H,10,13)/t5-/m0/s1. The van der Waals surface area contributed by atoms with Crippen LogP contribution in [0.3, 0.4) is 0 Å². The number of carbonyl (C=O) groups is 1.